The second kappa shape index (κ2) is 9.40. The van der Waals surface area contributed by atoms with Crippen molar-refractivity contribution >= 4 is 21.7 Å². The van der Waals surface area contributed by atoms with E-state index in [0.29, 0.717) is 37.2 Å². The Labute approximate surface area is 160 Å². The van der Waals surface area contributed by atoms with Gasteiger partial charge in [0, 0.05) is 12.6 Å². The molecule has 148 valence electrons. The third kappa shape index (κ3) is 6.93. The number of nitrogens with zero attached hydrogens (tertiary/aromatic N) is 2. The number of nitrogens with one attached hydrogen (secondary N) is 3. The van der Waals surface area contributed by atoms with Crippen molar-refractivity contribution in [2.75, 3.05) is 17.5 Å². The van der Waals surface area contributed by atoms with E-state index in [1.165, 1.54) is 0 Å². The topological polar surface area (TPSA) is 109 Å². The minimum atomic E-state index is -3.35. The molecule has 0 saturated carbocycles. The zero-order valence-corrected chi connectivity index (χ0v) is 16.9. The molecule has 2 rings (SSSR count). The summed E-state index contributed by atoms with van der Waals surface area (Å²) in [5.41, 5.74) is 2.22. The van der Waals surface area contributed by atoms with Crippen LogP contribution in [0.4, 0.5) is 5.69 Å². The molecule has 27 heavy (non-hydrogen) atoms. The van der Waals surface area contributed by atoms with Crippen molar-refractivity contribution in [3.05, 3.63) is 47.3 Å². The van der Waals surface area contributed by atoms with Gasteiger partial charge in [0.2, 0.25) is 10.0 Å². The highest BCUT2D eigenvalue weighted by Crippen LogP contribution is 2.17. The van der Waals surface area contributed by atoms with Crippen molar-refractivity contribution in [3.8, 4) is 0 Å². The van der Waals surface area contributed by atoms with Crippen LogP contribution in [0.25, 0.3) is 0 Å². The fourth-order valence-electron chi connectivity index (χ4n) is 2.32. The molecular weight excluding hydrogens is 366 g/mol. The van der Waals surface area contributed by atoms with E-state index in [4.69, 9.17) is 4.52 Å². The molecule has 0 aliphatic rings. The molecule has 1 aromatic heterocycles. The predicted octanol–water partition coefficient (Wildman–Crippen LogP) is 2.42. The number of anilines is 1. The molecule has 0 aliphatic heterocycles. The summed E-state index contributed by atoms with van der Waals surface area (Å²) in [4.78, 5) is 4.53. The van der Waals surface area contributed by atoms with Crippen molar-refractivity contribution in [2.24, 2.45) is 4.99 Å². The molecule has 2 aromatic rings. The number of hydrogen-bond donors (Lipinski definition) is 3. The van der Waals surface area contributed by atoms with Crippen molar-refractivity contribution in [3.63, 3.8) is 0 Å². The number of aromatic nitrogens is 1. The van der Waals surface area contributed by atoms with E-state index >= 15 is 0 Å². The number of para-hydroxylation sites is 1. The SMILES string of the molecule is CCNC(=NCc1ccccc1NS(C)(=O)=O)NCc1cc(C(C)C)no1. The molecule has 0 amide bonds. The van der Waals surface area contributed by atoms with E-state index in [0.717, 1.165) is 23.3 Å². The maximum atomic E-state index is 11.5. The lowest BCUT2D eigenvalue weighted by Crippen LogP contribution is -2.36. The molecule has 0 saturated heterocycles. The van der Waals surface area contributed by atoms with E-state index in [-0.39, 0.29) is 0 Å². The van der Waals surface area contributed by atoms with E-state index in [2.05, 4.69) is 39.4 Å². The van der Waals surface area contributed by atoms with Gasteiger partial charge in [0.25, 0.3) is 0 Å². The molecule has 0 unspecified atom stereocenters. The highest BCUT2D eigenvalue weighted by atomic mass is 32.2. The maximum Gasteiger partial charge on any atom is 0.229 e. The Kier molecular flexibility index (Phi) is 7.23. The van der Waals surface area contributed by atoms with Gasteiger partial charge >= 0.3 is 0 Å². The lowest BCUT2D eigenvalue weighted by molar-refractivity contribution is 0.372. The van der Waals surface area contributed by atoms with Crippen LogP contribution in [0.5, 0.6) is 0 Å². The lowest BCUT2D eigenvalue weighted by atomic mass is 10.1. The number of hydrogen-bond acceptors (Lipinski definition) is 5. The Hall–Kier alpha value is -2.55. The van der Waals surface area contributed by atoms with Crippen LogP contribution in [0.15, 0.2) is 39.8 Å². The molecule has 9 heteroatoms. The second-order valence-electron chi connectivity index (χ2n) is 6.45. The predicted molar refractivity (Wildman–Crippen MR) is 107 cm³/mol. The highest BCUT2D eigenvalue weighted by Gasteiger charge is 2.09. The minimum Gasteiger partial charge on any atom is -0.359 e. The first-order chi connectivity index (χ1) is 12.8. The Morgan fingerprint density at radius 2 is 2.00 bits per heavy atom. The van der Waals surface area contributed by atoms with E-state index < -0.39 is 10.0 Å². The molecule has 3 N–H and O–H groups in total. The number of guanidine groups is 1. The largest absolute Gasteiger partial charge is 0.359 e. The summed E-state index contributed by atoms with van der Waals surface area (Å²) < 4.78 is 30.9. The lowest BCUT2D eigenvalue weighted by Gasteiger charge is -2.12. The van der Waals surface area contributed by atoms with Crippen molar-refractivity contribution in [1.29, 1.82) is 0 Å². The number of rotatable bonds is 8. The fourth-order valence-corrected chi connectivity index (χ4v) is 2.92. The van der Waals surface area contributed by atoms with Gasteiger partial charge in [-0.25, -0.2) is 13.4 Å². The molecule has 0 radical (unpaired) electrons. The molecule has 0 spiro atoms. The molecule has 0 fully saturated rings. The summed E-state index contributed by atoms with van der Waals surface area (Å²) in [6.45, 7) is 7.56. The monoisotopic (exact) mass is 393 g/mol. The zero-order valence-electron chi connectivity index (χ0n) is 16.1. The zero-order chi connectivity index (χ0) is 19.9. The first-order valence-corrected chi connectivity index (χ1v) is 10.7. The molecule has 0 aliphatic carbocycles. The smallest absolute Gasteiger partial charge is 0.229 e. The van der Waals surface area contributed by atoms with Gasteiger partial charge in [-0.2, -0.15) is 0 Å². The molecule has 1 aromatic carbocycles. The maximum absolute atomic E-state index is 11.5. The van der Waals surface area contributed by atoms with Crippen LogP contribution in [0.2, 0.25) is 0 Å². The summed E-state index contributed by atoms with van der Waals surface area (Å²) in [6, 6.07) is 9.10. The average molecular weight is 394 g/mol. The second-order valence-corrected chi connectivity index (χ2v) is 8.20. The number of aliphatic imine (C=N–C) groups is 1. The summed E-state index contributed by atoms with van der Waals surface area (Å²) in [5.74, 6) is 1.64. The van der Waals surface area contributed by atoms with Gasteiger partial charge in [0.15, 0.2) is 11.7 Å². The molecule has 0 bridgehead atoms. The van der Waals surface area contributed by atoms with Crippen LogP contribution in [-0.2, 0) is 23.1 Å². The van der Waals surface area contributed by atoms with Crippen LogP contribution in [0.1, 0.15) is 43.7 Å². The number of sulfonamides is 1. The normalized spacial score (nSPS) is 12.3. The van der Waals surface area contributed by atoms with Crippen LogP contribution in [0, 0.1) is 0 Å². The van der Waals surface area contributed by atoms with E-state index in [1.54, 1.807) is 12.1 Å². The summed E-state index contributed by atoms with van der Waals surface area (Å²) in [7, 11) is -3.35. The quantitative estimate of drug-likeness (QED) is 0.469. The third-order valence-electron chi connectivity index (χ3n) is 3.66. The summed E-state index contributed by atoms with van der Waals surface area (Å²) in [6.07, 6.45) is 1.13. The van der Waals surface area contributed by atoms with Crippen molar-refractivity contribution in [2.45, 2.75) is 39.8 Å². The Balaban J connectivity index is 2.06. The summed E-state index contributed by atoms with van der Waals surface area (Å²) in [5, 5.41) is 10.4. The van der Waals surface area contributed by atoms with Gasteiger partial charge < -0.3 is 15.2 Å². The first kappa shape index (κ1) is 20.8. The average Bonchev–Trinajstić information content (AvgIpc) is 3.06. The standard InChI is InChI=1S/C18H27N5O3S/c1-5-19-18(21-12-15-10-17(13(2)3)22-26-15)20-11-14-8-6-7-9-16(14)23-27(4,24)25/h6-10,13,23H,5,11-12H2,1-4H3,(H2,19,20,21). The van der Waals surface area contributed by atoms with E-state index in [9.17, 15) is 8.42 Å². The van der Waals surface area contributed by atoms with Crippen LogP contribution in [0.3, 0.4) is 0 Å². The highest BCUT2D eigenvalue weighted by molar-refractivity contribution is 7.92. The Bertz CT molecular complexity index is 875. The Morgan fingerprint density at radius 3 is 2.63 bits per heavy atom. The third-order valence-corrected chi connectivity index (χ3v) is 4.25. The van der Waals surface area contributed by atoms with Gasteiger partial charge in [0.1, 0.15) is 0 Å². The van der Waals surface area contributed by atoms with E-state index in [1.807, 2.05) is 25.1 Å². The minimum absolute atomic E-state index is 0.309. The molecule has 0 atom stereocenters. The first-order valence-electron chi connectivity index (χ1n) is 8.82. The van der Waals surface area contributed by atoms with Crippen LogP contribution >= 0.6 is 0 Å². The Morgan fingerprint density at radius 1 is 1.26 bits per heavy atom. The van der Waals surface area contributed by atoms with Crippen LogP contribution in [-0.4, -0.2) is 32.3 Å². The van der Waals surface area contributed by atoms with Gasteiger partial charge in [-0.1, -0.05) is 37.2 Å². The number of benzene rings is 1. The summed E-state index contributed by atoms with van der Waals surface area (Å²) >= 11 is 0. The molecule has 1 heterocycles. The van der Waals surface area contributed by atoms with Gasteiger partial charge in [-0.3, -0.25) is 4.72 Å². The van der Waals surface area contributed by atoms with Gasteiger partial charge in [-0.05, 0) is 24.5 Å². The van der Waals surface area contributed by atoms with Crippen molar-refractivity contribution in [1.82, 2.24) is 15.8 Å². The van der Waals surface area contributed by atoms with Crippen LogP contribution < -0.4 is 15.4 Å². The molecular formula is C18H27N5O3S. The molecule has 8 nitrogen and oxygen atoms in total. The fraction of sp³-hybridized carbons (Fsp3) is 0.444. The van der Waals surface area contributed by atoms with Crippen molar-refractivity contribution < 1.29 is 12.9 Å². The van der Waals surface area contributed by atoms with Gasteiger partial charge in [-0.15, -0.1) is 0 Å². The van der Waals surface area contributed by atoms with Gasteiger partial charge in [0.05, 0.1) is 30.7 Å².